The van der Waals surface area contributed by atoms with Crippen LogP contribution in [0.25, 0.3) is 77.2 Å². The van der Waals surface area contributed by atoms with Gasteiger partial charge in [0.05, 0.1) is 55.7 Å². The fraction of sp³-hybridized carbons (Fsp3) is 0.273. The third kappa shape index (κ3) is 9.89. The van der Waals surface area contributed by atoms with Gasteiger partial charge in [-0.15, -0.1) is 0 Å². The average Bonchev–Trinajstić information content (AvgIpc) is 4.33. The predicted molar refractivity (Wildman–Crippen MR) is 328 cm³/mol. The highest BCUT2D eigenvalue weighted by Gasteiger charge is 2.63. The van der Waals surface area contributed by atoms with Crippen LogP contribution in [0.5, 0.6) is 0 Å². The van der Waals surface area contributed by atoms with E-state index < -0.39 is 14.0 Å². The van der Waals surface area contributed by atoms with E-state index in [4.69, 9.17) is 27.9 Å². The summed E-state index contributed by atoms with van der Waals surface area (Å²) in [4.78, 5) is 0. The molecule has 3 aliphatic rings. The van der Waals surface area contributed by atoms with Gasteiger partial charge in [0.2, 0.25) is 0 Å². The first-order valence-electron chi connectivity index (χ1n) is 27.1. The van der Waals surface area contributed by atoms with E-state index in [0.29, 0.717) is 0 Å². The highest BCUT2D eigenvalue weighted by Crippen LogP contribution is 2.44. The molecule has 78 heavy (non-hydrogen) atoms. The first-order chi connectivity index (χ1) is 37.0. The molecule has 0 aliphatic carbocycles. The zero-order valence-corrected chi connectivity index (χ0v) is 48.5. The molecule has 13 rings (SSSR count). The maximum Gasteiger partial charge on any atom is 0.494 e. The normalized spacial score (nSPS) is 18.6. The lowest BCUT2D eigenvalue weighted by molar-refractivity contribution is 0.00578. The van der Waals surface area contributed by atoms with E-state index in [1.165, 1.54) is 71.6 Å². The summed E-state index contributed by atoms with van der Waals surface area (Å²) in [7, 11) is -1.29. The molecule has 8 aromatic carbocycles. The van der Waals surface area contributed by atoms with Crippen LogP contribution in [-0.2, 0) is 27.9 Å². The molecule has 0 amide bonds. The predicted octanol–water partition coefficient (Wildman–Crippen LogP) is 16.2. The Labute approximate surface area is 469 Å². The maximum absolute atomic E-state index is 6.20. The monoisotopic (exact) mass is 1100 g/mol. The Bertz CT molecular complexity index is 3600. The first-order valence-corrected chi connectivity index (χ1v) is 27.9. The van der Waals surface area contributed by atoms with Gasteiger partial charge in [0, 0.05) is 37.4 Å². The summed E-state index contributed by atoms with van der Waals surface area (Å²) >= 11 is 3.50. The fourth-order valence-electron chi connectivity index (χ4n) is 10.5. The molecule has 3 saturated heterocycles. The lowest BCUT2D eigenvalue weighted by Crippen LogP contribution is -2.41. The second-order valence-electron chi connectivity index (χ2n) is 23.8. The van der Waals surface area contributed by atoms with Gasteiger partial charge in [0.25, 0.3) is 0 Å². The van der Waals surface area contributed by atoms with Crippen LogP contribution in [0.1, 0.15) is 83.1 Å². The summed E-state index contributed by atoms with van der Waals surface area (Å²) in [5, 5.41) is 5.14. The molecule has 0 spiro atoms. The number of para-hydroxylation sites is 4. The first kappa shape index (κ1) is 53.8. The molecule has 394 valence electrons. The van der Waals surface area contributed by atoms with E-state index in [0.717, 1.165) is 15.6 Å². The van der Waals surface area contributed by atoms with Crippen LogP contribution < -0.4 is 5.46 Å². The van der Waals surface area contributed by atoms with Crippen LogP contribution in [-0.4, -0.2) is 63.9 Å². The Morgan fingerprint density at radius 2 is 0.538 bits per heavy atom. The van der Waals surface area contributed by atoms with Gasteiger partial charge in [0.15, 0.2) is 0 Å². The number of benzene rings is 8. The van der Waals surface area contributed by atoms with Gasteiger partial charge in [-0.05, 0) is 171 Å². The minimum absolute atomic E-state index is 0.334. The Morgan fingerprint density at radius 3 is 0.833 bits per heavy atom. The van der Waals surface area contributed by atoms with Gasteiger partial charge < -0.3 is 37.1 Å². The van der Waals surface area contributed by atoms with Gasteiger partial charge in [-0.2, -0.15) is 0 Å². The van der Waals surface area contributed by atoms with Crippen molar-refractivity contribution in [3.05, 3.63) is 199 Å². The van der Waals surface area contributed by atoms with E-state index in [9.17, 15) is 0 Å². The second kappa shape index (κ2) is 20.2. The largest absolute Gasteiger partial charge is 0.494 e. The summed E-state index contributed by atoms with van der Waals surface area (Å²) in [5.41, 5.74) is 11.0. The minimum atomic E-state index is -0.476. The Hall–Kier alpha value is -6.21. The Morgan fingerprint density at radius 1 is 0.295 bits per heavy atom. The third-order valence-electron chi connectivity index (χ3n) is 17.1. The van der Waals surface area contributed by atoms with Crippen LogP contribution in [0.2, 0.25) is 0 Å². The van der Waals surface area contributed by atoms with Crippen LogP contribution >= 0.6 is 15.9 Å². The van der Waals surface area contributed by atoms with Crippen molar-refractivity contribution in [2.75, 3.05) is 0 Å². The lowest BCUT2D eigenvalue weighted by Gasteiger charge is -2.32. The van der Waals surface area contributed by atoms with E-state index in [1.54, 1.807) is 0 Å². The van der Waals surface area contributed by atoms with Crippen LogP contribution in [0.3, 0.4) is 0 Å². The Kier molecular flexibility index (Phi) is 13.9. The molecule has 10 aromatic rings. The number of fused-ring (bicyclic) bond motifs is 6. The van der Waals surface area contributed by atoms with Crippen molar-refractivity contribution in [2.45, 2.75) is 117 Å². The molecule has 8 nitrogen and oxygen atoms in total. The maximum atomic E-state index is 6.20. The summed E-state index contributed by atoms with van der Waals surface area (Å²) in [5.74, 6) is 0. The highest BCUT2D eigenvalue weighted by atomic mass is 79.9. The van der Waals surface area contributed by atoms with E-state index in [1.807, 2.05) is 55.4 Å². The molecule has 0 bridgehead atoms. The van der Waals surface area contributed by atoms with E-state index in [-0.39, 0.29) is 40.7 Å². The summed E-state index contributed by atoms with van der Waals surface area (Å²) in [6.45, 7) is 24.5. The smallest absolute Gasteiger partial charge is 0.405 e. The number of hydrogen-bond donors (Lipinski definition) is 0. The molecular weight excluding hydrogens is 1030 g/mol. The molecule has 3 aliphatic heterocycles. The van der Waals surface area contributed by atoms with E-state index >= 15 is 0 Å². The van der Waals surface area contributed by atoms with Crippen LogP contribution in [0.15, 0.2) is 199 Å². The third-order valence-corrected chi connectivity index (χ3v) is 17.7. The molecule has 0 unspecified atom stereocenters. The molecule has 5 heterocycles. The van der Waals surface area contributed by atoms with Crippen molar-refractivity contribution in [3.63, 3.8) is 0 Å². The van der Waals surface area contributed by atoms with Crippen molar-refractivity contribution < 1.29 is 27.9 Å². The van der Waals surface area contributed by atoms with Gasteiger partial charge >= 0.3 is 21.1 Å². The van der Waals surface area contributed by atoms with Gasteiger partial charge in [-0.25, -0.2) is 0 Å². The zero-order valence-electron chi connectivity index (χ0n) is 46.9. The second-order valence-corrected chi connectivity index (χ2v) is 24.7. The lowest BCUT2D eigenvalue weighted by atomic mass is 9.49. The summed E-state index contributed by atoms with van der Waals surface area (Å²) in [6.07, 6.45) is 0. The number of rotatable bonds is 6. The zero-order chi connectivity index (χ0) is 55.0. The van der Waals surface area contributed by atoms with Gasteiger partial charge in [-0.3, -0.25) is 0 Å². The molecule has 2 aromatic heterocycles. The molecule has 0 atom stereocenters. The standard InChI is InChI=1S/C30H28BNO2.C24H16BrN.C12H24B2O4/c1-29(2)30(3,4)34-31(33-29)23-17-13-21(14-18-23)22-15-19-24(20-16-22)32-27-11-7-5-9-25(27)26-10-6-8-12-28(26)32;25-19-13-9-17(10-14-19)18-11-15-20(16-12-18)26-23-7-3-1-5-21(23)22-6-2-4-8-24(22)26;1-9(2)10(3,4)16-13(15-9)14-17-11(5,6)12(7,8)18-14/h5-20H,1-4H3;1-16H;1-8H3. The SMILES string of the molecule is Brc1ccc(-c2ccc(-n3c4ccccc4c4ccccc43)cc2)cc1.CC1(C)OB(B2OC(C)(C)C(C)(C)O2)OC1(C)C.CC1(C)OB(c2ccc(-c3ccc(-n4c5ccccc5c5ccccc54)cc3)cc2)OC1(C)C. The molecule has 0 saturated carbocycles. The fourth-order valence-corrected chi connectivity index (χ4v) is 10.7. The van der Waals surface area contributed by atoms with Gasteiger partial charge in [-0.1, -0.05) is 149 Å². The number of nitrogens with zero attached hydrogens (tertiary/aromatic N) is 2. The summed E-state index contributed by atoms with van der Waals surface area (Å²) in [6, 6.07) is 69.0. The molecule has 3 fully saturated rings. The molecule has 0 radical (unpaired) electrons. The van der Waals surface area contributed by atoms with Crippen LogP contribution in [0.4, 0.5) is 0 Å². The quantitative estimate of drug-likeness (QED) is 0.155. The number of halogens is 1. The van der Waals surface area contributed by atoms with Crippen molar-refractivity contribution in [3.8, 4) is 33.6 Å². The minimum Gasteiger partial charge on any atom is -0.405 e. The Balaban J connectivity index is 0.000000131. The van der Waals surface area contributed by atoms with Crippen molar-refractivity contribution in [1.29, 1.82) is 0 Å². The van der Waals surface area contributed by atoms with Crippen molar-refractivity contribution in [1.82, 2.24) is 9.13 Å². The number of aromatic nitrogens is 2. The topological polar surface area (TPSA) is 65.2 Å². The van der Waals surface area contributed by atoms with Gasteiger partial charge in [0.1, 0.15) is 0 Å². The van der Waals surface area contributed by atoms with Crippen molar-refractivity contribution >= 4 is 86.1 Å². The van der Waals surface area contributed by atoms with Crippen LogP contribution in [0, 0.1) is 0 Å². The number of hydrogen-bond acceptors (Lipinski definition) is 6. The summed E-state index contributed by atoms with van der Waals surface area (Å²) < 4.78 is 42.0. The average molecular weight is 1100 g/mol. The van der Waals surface area contributed by atoms with Crippen molar-refractivity contribution in [2.24, 2.45) is 0 Å². The molecular formula is C66H68B3BrN2O6. The molecule has 12 heteroatoms. The highest BCUT2D eigenvalue weighted by molar-refractivity contribution is 9.10. The van der Waals surface area contributed by atoms with E-state index in [2.05, 4.69) is 247 Å². The molecule has 0 N–H and O–H groups in total.